The Morgan fingerprint density at radius 2 is 1.18 bits per heavy atom. The number of aromatic nitrogens is 4. The summed E-state index contributed by atoms with van der Waals surface area (Å²) < 4.78 is 19.1. The Labute approximate surface area is 383 Å². The van der Waals surface area contributed by atoms with Gasteiger partial charge >= 0.3 is 12.1 Å². The van der Waals surface area contributed by atoms with Gasteiger partial charge in [-0.15, -0.1) is 0 Å². The van der Waals surface area contributed by atoms with Gasteiger partial charge in [-0.25, -0.2) is 19.6 Å². The van der Waals surface area contributed by atoms with Gasteiger partial charge in [0.1, 0.15) is 42.1 Å². The maximum atomic E-state index is 14.4. The molecule has 12 rings (SSSR count). The Morgan fingerprint density at radius 3 is 1.79 bits per heavy atom. The van der Waals surface area contributed by atoms with E-state index in [1.54, 1.807) is 0 Å². The van der Waals surface area contributed by atoms with Crippen LogP contribution in [0.3, 0.4) is 0 Å². The van der Waals surface area contributed by atoms with E-state index in [1.165, 1.54) is 5.56 Å². The Morgan fingerprint density at radius 1 is 0.636 bits per heavy atom. The molecule has 2 saturated heterocycles. The molecule has 5 aromatic carbocycles. The molecule has 7 heterocycles. The maximum absolute atomic E-state index is 14.4. The lowest BCUT2D eigenvalue weighted by molar-refractivity contribution is 0.0751. The van der Waals surface area contributed by atoms with Crippen LogP contribution in [0.25, 0.3) is 44.3 Å². The molecule has 5 aliphatic heterocycles. The van der Waals surface area contributed by atoms with E-state index in [1.807, 2.05) is 46.7 Å². The number of fused-ring (bicyclic) bond motifs is 7. The van der Waals surface area contributed by atoms with Crippen molar-refractivity contribution in [1.82, 2.24) is 39.5 Å². The monoisotopic (exact) mass is 882 g/mol. The first-order valence-corrected chi connectivity index (χ1v) is 23.6. The van der Waals surface area contributed by atoms with Gasteiger partial charge in [0.2, 0.25) is 0 Å². The number of aromatic amines is 2. The number of hydrogen-bond acceptors (Lipinski definition) is 7. The highest BCUT2D eigenvalue weighted by atomic mass is 16.5. The lowest BCUT2D eigenvalue weighted by atomic mass is 9.91. The summed E-state index contributed by atoms with van der Waals surface area (Å²) in [6.45, 7) is 8.62. The molecule has 5 aliphatic rings. The number of nitrogens with one attached hydrogen (secondary N) is 2. The molecular weight excluding hydrogens is 829 g/mol. The average molecular weight is 883 g/mol. The molecule has 66 heavy (non-hydrogen) atoms. The van der Waals surface area contributed by atoms with Gasteiger partial charge in [0.05, 0.1) is 61.4 Å². The lowest BCUT2D eigenvalue weighted by Gasteiger charge is -2.41. The third kappa shape index (κ3) is 7.53. The lowest BCUT2D eigenvalue weighted by Crippen LogP contribution is -2.53. The fourth-order valence-electron chi connectivity index (χ4n) is 11.3. The molecule has 0 radical (unpaired) electrons. The van der Waals surface area contributed by atoms with Crippen LogP contribution in [-0.2, 0) is 26.1 Å². The van der Waals surface area contributed by atoms with Crippen LogP contribution in [0.5, 0.6) is 17.2 Å². The van der Waals surface area contributed by atoms with Gasteiger partial charge in [0.25, 0.3) is 0 Å². The van der Waals surface area contributed by atoms with Gasteiger partial charge in [-0.05, 0) is 134 Å². The minimum Gasteiger partial charge on any atom is -0.493 e. The van der Waals surface area contributed by atoms with Gasteiger partial charge in [-0.3, -0.25) is 0 Å². The van der Waals surface area contributed by atoms with Crippen molar-refractivity contribution in [2.75, 3.05) is 39.5 Å². The van der Waals surface area contributed by atoms with Crippen LogP contribution in [0.4, 0.5) is 9.59 Å². The molecule has 2 bridgehead atoms. The van der Waals surface area contributed by atoms with Gasteiger partial charge < -0.3 is 43.8 Å². The number of urea groups is 2. The van der Waals surface area contributed by atoms with E-state index in [0.717, 1.165) is 122 Å². The quantitative estimate of drug-likeness (QED) is 0.176. The molecule has 2 fully saturated rings. The summed E-state index contributed by atoms with van der Waals surface area (Å²) >= 11 is 0. The average Bonchev–Trinajstić information content (AvgIpc) is 3.84. The SMILES string of the molecule is Cc1nc2ccc(-c3ccc4c(c3)CN(C(=O)N3CCc5cccc(OCC6CC7CCC(C6)N7C(=O)N6CCOc7ccc(-c8ccc9nc(C)[nH]c9c8)cc7C6)c5C3)CCO4)cc2[nH]1. The Bertz CT molecular complexity index is 3020. The Hall–Kier alpha value is -7.02. The fourth-order valence-corrected chi connectivity index (χ4v) is 11.3. The molecule has 13 heteroatoms. The van der Waals surface area contributed by atoms with Crippen molar-refractivity contribution >= 4 is 34.1 Å². The highest BCUT2D eigenvalue weighted by molar-refractivity contribution is 5.84. The van der Waals surface area contributed by atoms with E-state index in [9.17, 15) is 9.59 Å². The van der Waals surface area contributed by atoms with Gasteiger partial charge in [0.15, 0.2) is 0 Å². The minimum absolute atomic E-state index is 0.0161. The van der Waals surface area contributed by atoms with E-state index in [-0.39, 0.29) is 24.1 Å². The number of rotatable bonds is 5. The molecule has 13 nitrogen and oxygen atoms in total. The second-order valence-corrected chi connectivity index (χ2v) is 18.9. The summed E-state index contributed by atoms with van der Waals surface area (Å²) in [5, 5.41) is 0. The third-order valence-electron chi connectivity index (χ3n) is 14.5. The number of benzene rings is 5. The molecule has 336 valence electrons. The first-order valence-electron chi connectivity index (χ1n) is 23.6. The summed E-state index contributed by atoms with van der Waals surface area (Å²) in [7, 11) is 0. The topological polar surface area (TPSA) is 132 Å². The predicted molar refractivity (Wildman–Crippen MR) is 253 cm³/mol. The first-order chi connectivity index (χ1) is 32.3. The third-order valence-corrected chi connectivity index (χ3v) is 14.5. The van der Waals surface area contributed by atoms with Gasteiger partial charge in [-0.2, -0.15) is 0 Å². The molecule has 2 atom stereocenters. The summed E-state index contributed by atoms with van der Waals surface area (Å²) in [6.07, 6.45) is 4.64. The van der Waals surface area contributed by atoms with Crippen molar-refractivity contribution in [3.05, 3.63) is 125 Å². The largest absolute Gasteiger partial charge is 0.493 e. The van der Waals surface area contributed by atoms with Crippen LogP contribution in [0.2, 0.25) is 0 Å². The number of hydrogen-bond donors (Lipinski definition) is 2. The number of imidazole rings is 2. The maximum Gasteiger partial charge on any atom is 0.320 e. The zero-order valence-corrected chi connectivity index (χ0v) is 37.5. The van der Waals surface area contributed by atoms with Crippen LogP contribution in [0.15, 0.2) is 91.0 Å². The molecule has 0 aliphatic carbocycles. The van der Waals surface area contributed by atoms with Gasteiger partial charge in [0, 0.05) is 35.3 Å². The van der Waals surface area contributed by atoms with Crippen LogP contribution >= 0.6 is 0 Å². The van der Waals surface area contributed by atoms with Crippen LogP contribution < -0.4 is 14.2 Å². The second kappa shape index (κ2) is 16.4. The second-order valence-electron chi connectivity index (χ2n) is 18.9. The summed E-state index contributed by atoms with van der Waals surface area (Å²) in [5.41, 5.74) is 12.6. The molecule has 2 N–H and O–H groups in total. The molecule has 2 unspecified atom stereocenters. The number of nitrogens with zero attached hydrogens (tertiary/aromatic N) is 6. The van der Waals surface area contributed by atoms with Crippen molar-refractivity contribution in [2.45, 2.75) is 77.7 Å². The zero-order valence-electron chi connectivity index (χ0n) is 37.5. The number of carbonyl (C=O) groups is 2. The number of H-pyrrole nitrogens is 2. The standard InChI is InChI=1S/C53H54N8O5/c1-32-54-45-12-6-38(26-47(45)56-32)36-8-14-49-40(24-36)28-59(18-20-64-49)52(62)58-17-16-35-4-3-5-51(44(35)30-58)66-31-34-22-42-10-11-43(23-34)61(42)53(63)60-19-21-65-50-15-9-37(25-41(50)29-60)39-7-13-46-48(27-39)57-33(2)55-46/h3-9,12-15,24-27,34,42-43H,10-11,16-23,28-31H2,1-2H3,(H,54,56)(H,55,57). The number of aryl methyl sites for hydroxylation is 2. The van der Waals surface area contributed by atoms with E-state index >= 15 is 0 Å². The molecular formula is C53H54N8O5. The number of amides is 4. The van der Waals surface area contributed by atoms with Crippen LogP contribution in [0.1, 0.15) is 59.6 Å². The van der Waals surface area contributed by atoms with Crippen molar-refractivity contribution in [1.29, 1.82) is 0 Å². The number of ether oxygens (including phenoxy) is 3. The number of piperidine rings is 1. The normalized spacial score (nSPS) is 20.2. The fraction of sp³-hybridized carbons (Fsp3) is 0.358. The molecule has 0 saturated carbocycles. The number of carbonyl (C=O) groups excluding carboxylic acids is 2. The van der Waals surface area contributed by atoms with Gasteiger partial charge in [-0.1, -0.05) is 36.4 Å². The Balaban J connectivity index is 0.688. The van der Waals surface area contributed by atoms with E-state index in [0.29, 0.717) is 65.0 Å². The highest BCUT2D eigenvalue weighted by Crippen LogP contribution is 2.41. The van der Waals surface area contributed by atoms with Crippen LogP contribution in [0, 0.1) is 19.8 Å². The van der Waals surface area contributed by atoms with Crippen molar-refractivity contribution in [3.63, 3.8) is 0 Å². The van der Waals surface area contributed by atoms with Crippen molar-refractivity contribution in [3.8, 4) is 39.5 Å². The Kier molecular flexibility index (Phi) is 10.1. The van der Waals surface area contributed by atoms with Crippen LogP contribution in [-0.4, -0.2) is 103 Å². The van der Waals surface area contributed by atoms with E-state index < -0.39 is 0 Å². The predicted octanol–water partition coefficient (Wildman–Crippen LogP) is 9.40. The summed E-state index contributed by atoms with van der Waals surface area (Å²) in [5.74, 6) is 4.64. The zero-order chi connectivity index (χ0) is 44.5. The molecule has 2 aromatic heterocycles. The van der Waals surface area contributed by atoms with Crippen molar-refractivity contribution < 1.29 is 23.8 Å². The van der Waals surface area contributed by atoms with E-state index in [2.05, 4.69) is 97.6 Å². The smallest absolute Gasteiger partial charge is 0.320 e. The first kappa shape index (κ1) is 40.5. The minimum atomic E-state index is 0.0161. The summed E-state index contributed by atoms with van der Waals surface area (Å²) in [6, 6.07) is 31.9. The molecule has 4 amide bonds. The molecule has 0 spiro atoms. The highest BCUT2D eigenvalue weighted by Gasteiger charge is 2.45. The van der Waals surface area contributed by atoms with Crippen molar-refractivity contribution in [2.24, 2.45) is 5.92 Å². The summed E-state index contributed by atoms with van der Waals surface area (Å²) in [4.78, 5) is 52.6. The molecule has 7 aromatic rings. The van der Waals surface area contributed by atoms with E-state index in [4.69, 9.17) is 14.2 Å².